The Morgan fingerprint density at radius 2 is 1.39 bits per heavy atom. The molecule has 0 fully saturated rings. The minimum absolute atomic E-state index is 0.0738. The zero-order valence-electron chi connectivity index (χ0n) is 17.0. The Morgan fingerprint density at radius 3 is 2.06 bits per heavy atom. The van der Waals surface area contributed by atoms with Gasteiger partial charge in [-0.05, 0) is 53.9 Å². The number of amides is 1. The van der Waals surface area contributed by atoms with E-state index >= 15 is 0 Å². The summed E-state index contributed by atoms with van der Waals surface area (Å²) in [6.45, 7) is 0.818. The number of hydrogen-bond acceptors (Lipinski definition) is 3. The second kappa shape index (κ2) is 9.59. The number of rotatable bonds is 7. The molecule has 0 atom stereocenters. The molecule has 1 aromatic heterocycles. The van der Waals surface area contributed by atoms with Crippen LogP contribution in [0.25, 0.3) is 11.3 Å². The molecule has 0 bridgehead atoms. The van der Waals surface area contributed by atoms with Gasteiger partial charge in [0, 0.05) is 23.6 Å². The number of nitrogens with one attached hydrogen (secondary N) is 3. The highest BCUT2D eigenvalue weighted by molar-refractivity contribution is 6.04. The zero-order chi connectivity index (χ0) is 21.5. The van der Waals surface area contributed by atoms with Crippen LogP contribution < -0.4 is 16.2 Å². The monoisotopic (exact) mass is 409 g/mol. The molecule has 4 rings (SSSR count). The van der Waals surface area contributed by atoms with Crippen molar-refractivity contribution in [1.82, 2.24) is 4.98 Å². The molecule has 0 aliphatic carbocycles. The molecule has 0 unspecified atom stereocenters. The first-order valence-electron chi connectivity index (χ1n) is 10.2. The summed E-state index contributed by atoms with van der Waals surface area (Å²) in [5.74, 6) is -0.439. The second-order valence-electron chi connectivity index (χ2n) is 7.17. The largest absolute Gasteiger partial charge is 0.385 e. The van der Waals surface area contributed by atoms with Gasteiger partial charge in [0.2, 0.25) is 0 Å². The van der Waals surface area contributed by atoms with Gasteiger partial charge in [0.05, 0.1) is 0 Å². The van der Waals surface area contributed by atoms with Crippen LogP contribution in [0.4, 0.5) is 11.4 Å². The van der Waals surface area contributed by atoms with Gasteiger partial charge < -0.3 is 15.6 Å². The van der Waals surface area contributed by atoms with Crippen LogP contribution in [0.2, 0.25) is 0 Å². The third-order valence-corrected chi connectivity index (χ3v) is 4.97. The van der Waals surface area contributed by atoms with Gasteiger partial charge >= 0.3 is 0 Å². The fourth-order valence-corrected chi connectivity index (χ4v) is 3.30. The van der Waals surface area contributed by atoms with Crippen molar-refractivity contribution in [3.8, 4) is 11.3 Å². The van der Waals surface area contributed by atoms with Crippen LogP contribution in [0.15, 0.2) is 102 Å². The highest BCUT2D eigenvalue weighted by Crippen LogP contribution is 2.16. The van der Waals surface area contributed by atoms with Gasteiger partial charge in [0.25, 0.3) is 11.5 Å². The van der Waals surface area contributed by atoms with Crippen molar-refractivity contribution >= 4 is 17.3 Å². The average Bonchev–Trinajstić information content (AvgIpc) is 2.81. The SMILES string of the molecule is O=C(Nc1ccc(NCCc2ccccc2)cc1)c1ccc(-c2ccccc2)[nH]c1=O. The lowest BCUT2D eigenvalue weighted by atomic mass is 10.1. The third kappa shape index (κ3) is 5.28. The van der Waals surface area contributed by atoms with Crippen LogP contribution in [-0.4, -0.2) is 17.4 Å². The fourth-order valence-electron chi connectivity index (χ4n) is 3.30. The molecule has 3 aromatic carbocycles. The number of aromatic nitrogens is 1. The van der Waals surface area contributed by atoms with Crippen LogP contribution in [0.1, 0.15) is 15.9 Å². The molecule has 5 nitrogen and oxygen atoms in total. The van der Waals surface area contributed by atoms with Crippen LogP contribution in [0, 0.1) is 0 Å². The van der Waals surface area contributed by atoms with Crippen LogP contribution in [0.5, 0.6) is 0 Å². The molecule has 0 aliphatic rings. The van der Waals surface area contributed by atoms with Crippen molar-refractivity contribution in [2.24, 2.45) is 0 Å². The normalized spacial score (nSPS) is 10.5. The van der Waals surface area contributed by atoms with Gasteiger partial charge in [-0.15, -0.1) is 0 Å². The van der Waals surface area contributed by atoms with E-state index in [-0.39, 0.29) is 5.56 Å². The molecule has 1 heterocycles. The van der Waals surface area contributed by atoms with Crippen LogP contribution in [-0.2, 0) is 6.42 Å². The van der Waals surface area contributed by atoms with E-state index < -0.39 is 11.5 Å². The van der Waals surface area contributed by atoms with Gasteiger partial charge in [-0.25, -0.2) is 0 Å². The molecule has 0 aliphatic heterocycles. The Balaban J connectivity index is 1.35. The molecule has 5 heteroatoms. The number of carbonyl (C=O) groups excluding carboxylic acids is 1. The third-order valence-electron chi connectivity index (χ3n) is 4.97. The number of aromatic amines is 1. The van der Waals surface area contributed by atoms with Crippen molar-refractivity contribution in [3.05, 3.63) is 119 Å². The van der Waals surface area contributed by atoms with Crippen LogP contribution >= 0.6 is 0 Å². The Bertz CT molecular complexity index is 1200. The Kier molecular flexibility index (Phi) is 6.24. The van der Waals surface area contributed by atoms with E-state index in [4.69, 9.17) is 0 Å². The van der Waals surface area contributed by atoms with E-state index in [1.165, 1.54) is 5.56 Å². The summed E-state index contributed by atoms with van der Waals surface area (Å²) < 4.78 is 0. The predicted molar refractivity (Wildman–Crippen MR) is 126 cm³/mol. The molecule has 31 heavy (non-hydrogen) atoms. The predicted octanol–water partition coefficient (Wildman–Crippen LogP) is 4.95. The first-order valence-corrected chi connectivity index (χ1v) is 10.2. The zero-order valence-corrected chi connectivity index (χ0v) is 17.0. The molecular formula is C26H23N3O2. The van der Waals surface area contributed by atoms with E-state index in [1.54, 1.807) is 12.1 Å². The Labute approximate surface area is 180 Å². The summed E-state index contributed by atoms with van der Waals surface area (Å²) in [4.78, 5) is 27.7. The van der Waals surface area contributed by atoms with Gasteiger partial charge in [-0.1, -0.05) is 60.7 Å². The van der Waals surface area contributed by atoms with Gasteiger partial charge in [0.1, 0.15) is 5.56 Å². The number of pyridine rings is 1. The topological polar surface area (TPSA) is 74.0 Å². The summed E-state index contributed by atoms with van der Waals surface area (Å²) in [6, 6.07) is 30.5. The maximum atomic E-state index is 12.5. The summed E-state index contributed by atoms with van der Waals surface area (Å²) >= 11 is 0. The molecule has 0 saturated carbocycles. The summed E-state index contributed by atoms with van der Waals surface area (Å²) in [5, 5.41) is 6.15. The van der Waals surface area contributed by atoms with E-state index in [0.29, 0.717) is 11.4 Å². The van der Waals surface area contributed by atoms with E-state index in [0.717, 1.165) is 24.2 Å². The first kappa shape index (κ1) is 20.2. The lowest BCUT2D eigenvalue weighted by molar-refractivity contribution is 0.102. The van der Waals surface area contributed by atoms with Crippen molar-refractivity contribution < 1.29 is 4.79 Å². The molecular weight excluding hydrogens is 386 g/mol. The number of benzene rings is 3. The molecule has 1 amide bonds. The van der Waals surface area contributed by atoms with E-state index in [2.05, 4.69) is 27.8 Å². The summed E-state index contributed by atoms with van der Waals surface area (Å²) in [7, 11) is 0. The lowest BCUT2D eigenvalue weighted by Gasteiger charge is -2.09. The van der Waals surface area contributed by atoms with Crippen molar-refractivity contribution in [1.29, 1.82) is 0 Å². The molecule has 154 valence electrons. The number of hydrogen-bond donors (Lipinski definition) is 3. The Morgan fingerprint density at radius 1 is 0.742 bits per heavy atom. The van der Waals surface area contributed by atoms with Gasteiger partial charge in [-0.2, -0.15) is 0 Å². The summed E-state index contributed by atoms with van der Waals surface area (Å²) in [5.41, 5.74) is 4.10. The lowest BCUT2D eigenvalue weighted by Crippen LogP contribution is -2.23. The van der Waals surface area contributed by atoms with E-state index in [9.17, 15) is 9.59 Å². The molecule has 0 radical (unpaired) electrons. The average molecular weight is 409 g/mol. The minimum Gasteiger partial charge on any atom is -0.385 e. The second-order valence-corrected chi connectivity index (χ2v) is 7.17. The number of carbonyl (C=O) groups is 1. The van der Waals surface area contributed by atoms with Crippen molar-refractivity contribution in [2.45, 2.75) is 6.42 Å². The highest BCUT2D eigenvalue weighted by Gasteiger charge is 2.12. The summed E-state index contributed by atoms with van der Waals surface area (Å²) in [6.07, 6.45) is 0.932. The van der Waals surface area contributed by atoms with Crippen LogP contribution in [0.3, 0.4) is 0 Å². The minimum atomic E-state index is -0.439. The van der Waals surface area contributed by atoms with Gasteiger partial charge in [-0.3, -0.25) is 9.59 Å². The molecule has 3 N–H and O–H groups in total. The number of H-pyrrole nitrogens is 1. The van der Waals surface area contributed by atoms with Crippen molar-refractivity contribution in [2.75, 3.05) is 17.2 Å². The van der Waals surface area contributed by atoms with Gasteiger partial charge in [0.15, 0.2) is 0 Å². The smallest absolute Gasteiger partial charge is 0.261 e. The maximum Gasteiger partial charge on any atom is 0.261 e. The van der Waals surface area contributed by atoms with Crippen molar-refractivity contribution in [3.63, 3.8) is 0 Å². The first-order chi connectivity index (χ1) is 15.2. The highest BCUT2D eigenvalue weighted by atomic mass is 16.2. The fraction of sp³-hybridized carbons (Fsp3) is 0.0769. The number of anilines is 2. The standard InChI is InChI=1S/C26H23N3O2/c30-25(23-15-16-24(29-26(23)31)20-9-5-2-6-10-20)28-22-13-11-21(12-14-22)27-18-17-19-7-3-1-4-8-19/h1-16,27H,17-18H2,(H,28,30)(H,29,31). The Hall–Kier alpha value is -4.12. The molecule has 0 saturated heterocycles. The maximum absolute atomic E-state index is 12.5. The quantitative estimate of drug-likeness (QED) is 0.404. The van der Waals surface area contributed by atoms with E-state index in [1.807, 2.05) is 72.8 Å². The molecule has 4 aromatic rings. The molecule has 0 spiro atoms.